The van der Waals surface area contributed by atoms with Crippen LogP contribution in [0.5, 0.6) is 0 Å². The molecule has 1 aromatic carbocycles. The molecule has 1 N–H and O–H groups in total. The average molecular weight is 255 g/mol. The molecule has 1 heterocycles. The summed E-state index contributed by atoms with van der Waals surface area (Å²) in [5.74, 6) is 0. The predicted molar refractivity (Wildman–Crippen MR) is 65.2 cm³/mol. The van der Waals surface area contributed by atoms with Crippen LogP contribution in [-0.2, 0) is 10.0 Å². The molecule has 5 heteroatoms. The van der Waals surface area contributed by atoms with Crippen molar-refractivity contribution < 1.29 is 13.5 Å². The Morgan fingerprint density at radius 2 is 2.00 bits per heavy atom. The highest BCUT2D eigenvalue weighted by molar-refractivity contribution is 7.89. The second-order valence-corrected chi connectivity index (χ2v) is 6.76. The average Bonchev–Trinajstić information content (AvgIpc) is 2.60. The Bertz CT molecular complexity index is 522. The van der Waals surface area contributed by atoms with E-state index >= 15 is 0 Å². The molecule has 17 heavy (non-hydrogen) atoms. The van der Waals surface area contributed by atoms with Crippen LogP contribution in [0.2, 0.25) is 0 Å². The zero-order chi connectivity index (χ0) is 12.7. The minimum absolute atomic E-state index is 0.170. The van der Waals surface area contributed by atoms with Crippen molar-refractivity contribution in [2.75, 3.05) is 13.1 Å². The minimum atomic E-state index is -3.47. The molecule has 1 saturated heterocycles. The molecule has 0 aliphatic carbocycles. The van der Waals surface area contributed by atoms with Gasteiger partial charge in [-0.15, -0.1) is 0 Å². The standard InChI is InChI=1S/C12H17NO3S/c1-10-5-3-4-6-11(10)17(15,16)13-8-7-12(2,14)9-13/h3-6,14H,7-9H2,1-2H3. The summed E-state index contributed by atoms with van der Waals surface area (Å²) >= 11 is 0. The van der Waals surface area contributed by atoms with Gasteiger partial charge < -0.3 is 5.11 Å². The van der Waals surface area contributed by atoms with Crippen LogP contribution in [0.25, 0.3) is 0 Å². The molecule has 0 saturated carbocycles. The van der Waals surface area contributed by atoms with Gasteiger partial charge in [0.1, 0.15) is 0 Å². The lowest BCUT2D eigenvalue weighted by Gasteiger charge is -2.19. The van der Waals surface area contributed by atoms with E-state index in [1.807, 2.05) is 6.07 Å². The summed E-state index contributed by atoms with van der Waals surface area (Å²) in [4.78, 5) is 0.331. The first kappa shape index (κ1) is 12.5. The Hall–Kier alpha value is -0.910. The Labute approximate surface area is 102 Å². The van der Waals surface area contributed by atoms with Gasteiger partial charge in [-0.2, -0.15) is 4.31 Å². The van der Waals surface area contributed by atoms with Gasteiger partial charge in [0.25, 0.3) is 0 Å². The van der Waals surface area contributed by atoms with Gasteiger partial charge in [-0.05, 0) is 31.9 Å². The maximum Gasteiger partial charge on any atom is 0.243 e. The first-order chi connectivity index (χ1) is 7.83. The minimum Gasteiger partial charge on any atom is -0.389 e. The maximum absolute atomic E-state index is 12.4. The maximum atomic E-state index is 12.4. The van der Waals surface area contributed by atoms with Crippen molar-refractivity contribution in [1.29, 1.82) is 0 Å². The Balaban J connectivity index is 2.36. The summed E-state index contributed by atoms with van der Waals surface area (Å²) < 4.78 is 26.1. The van der Waals surface area contributed by atoms with Gasteiger partial charge in [0.2, 0.25) is 10.0 Å². The van der Waals surface area contributed by atoms with Crippen LogP contribution >= 0.6 is 0 Å². The molecule has 94 valence electrons. The molecule has 1 aromatic rings. The van der Waals surface area contributed by atoms with Gasteiger partial charge in [-0.25, -0.2) is 8.42 Å². The van der Waals surface area contributed by atoms with Crippen LogP contribution in [0.1, 0.15) is 18.9 Å². The number of β-amino-alcohol motifs (C(OH)–C–C–N with tert-alkyl or cyclic N) is 1. The molecule has 1 aliphatic heterocycles. The number of hydrogen-bond donors (Lipinski definition) is 1. The van der Waals surface area contributed by atoms with Crippen LogP contribution < -0.4 is 0 Å². The molecule has 0 aromatic heterocycles. The van der Waals surface area contributed by atoms with Gasteiger partial charge in [-0.3, -0.25) is 0 Å². The van der Waals surface area contributed by atoms with E-state index in [-0.39, 0.29) is 6.54 Å². The number of rotatable bonds is 2. The summed E-state index contributed by atoms with van der Waals surface area (Å²) in [6.45, 7) is 3.99. The lowest BCUT2D eigenvalue weighted by molar-refractivity contribution is 0.0762. The zero-order valence-corrected chi connectivity index (χ0v) is 10.9. The van der Waals surface area contributed by atoms with Crippen LogP contribution in [0.15, 0.2) is 29.2 Å². The Morgan fingerprint density at radius 1 is 1.35 bits per heavy atom. The zero-order valence-electron chi connectivity index (χ0n) is 10.0. The van der Waals surface area contributed by atoms with Crippen molar-refractivity contribution in [3.05, 3.63) is 29.8 Å². The lowest BCUT2D eigenvalue weighted by Crippen LogP contribution is -2.34. The third-order valence-corrected chi connectivity index (χ3v) is 5.13. The summed E-state index contributed by atoms with van der Waals surface area (Å²) in [5, 5.41) is 9.84. The lowest BCUT2D eigenvalue weighted by atomic mass is 10.1. The van der Waals surface area contributed by atoms with Crippen molar-refractivity contribution >= 4 is 10.0 Å². The van der Waals surface area contributed by atoms with E-state index < -0.39 is 15.6 Å². The Morgan fingerprint density at radius 3 is 2.53 bits per heavy atom. The van der Waals surface area contributed by atoms with Crippen molar-refractivity contribution in [2.24, 2.45) is 0 Å². The van der Waals surface area contributed by atoms with E-state index in [1.54, 1.807) is 32.0 Å². The summed E-state index contributed by atoms with van der Waals surface area (Å²) in [5.41, 5.74) is -0.172. The monoisotopic (exact) mass is 255 g/mol. The van der Waals surface area contributed by atoms with Crippen LogP contribution in [0.4, 0.5) is 0 Å². The second kappa shape index (κ2) is 4.08. The smallest absolute Gasteiger partial charge is 0.243 e. The fourth-order valence-electron chi connectivity index (χ4n) is 2.09. The third-order valence-electron chi connectivity index (χ3n) is 3.13. The molecule has 4 nitrogen and oxygen atoms in total. The first-order valence-electron chi connectivity index (χ1n) is 5.61. The van der Waals surface area contributed by atoms with Gasteiger partial charge in [-0.1, -0.05) is 18.2 Å². The number of benzene rings is 1. The van der Waals surface area contributed by atoms with Crippen molar-refractivity contribution in [3.8, 4) is 0 Å². The molecule has 1 aliphatic rings. The van der Waals surface area contributed by atoms with E-state index in [9.17, 15) is 13.5 Å². The van der Waals surface area contributed by atoms with Crippen molar-refractivity contribution in [3.63, 3.8) is 0 Å². The summed E-state index contributed by atoms with van der Waals surface area (Å²) in [6.07, 6.45) is 0.484. The molecule has 1 fully saturated rings. The quantitative estimate of drug-likeness (QED) is 0.862. The van der Waals surface area contributed by atoms with Gasteiger partial charge in [0.05, 0.1) is 10.5 Å². The fourth-order valence-corrected chi connectivity index (χ4v) is 3.88. The van der Waals surface area contributed by atoms with Gasteiger partial charge >= 0.3 is 0 Å². The fraction of sp³-hybridized carbons (Fsp3) is 0.500. The van der Waals surface area contributed by atoms with Crippen molar-refractivity contribution in [1.82, 2.24) is 4.31 Å². The van der Waals surface area contributed by atoms with E-state index in [2.05, 4.69) is 0 Å². The number of aryl methyl sites for hydroxylation is 1. The highest BCUT2D eigenvalue weighted by Crippen LogP contribution is 2.27. The number of sulfonamides is 1. The highest BCUT2D eigenvalue weighted by atomic mass is 32.2. The predicted octanol–water partition coefficient (Wildman–Crippen LogP) is 1.14. The summed E-state index contributed by atoms with van der Waals surface area (Å²) in [6, 6.07) is 6.92. The van der Waals surface area contributed by atoms with E-state index in [0.717, 1.165) is 5.56 Å². The first-order valence-corrected chi connectivity index (χ1v) is 7.05. The highest BCUT2D eigenvalue weighted by Gasteiger charge is 2.38. The molecule has 0 radical (unpaired) electrons. The third kappa shape index (κ3) is 2.36. The topological polar surface area (TPSA) is 57.6 Å². The molecule has 1 atom stereocenters. The number of aliphatic hydroxyl groups is 1. The normalized spacial score (nSPS) is 26.3. The molecular formula is C12H17NO3S. The molecule has 0 spiro atoms. The number of nitrogens with zero attached hydrogens (tertiary/aromatic N) is 1. The van der Waals surface area contributed by atoms with E-state index in [0.29, 0.717) is 17.9 Å². The largest absolute Gasteiger partial charge is 0.389 e. The van der Waals surface area contributed by atoms with Gasteiger partial charge in [0.15, 0.2) is 0 Å². The number of hydrogen-bond acceptors (Lipinski definition) is 3. The van der Waals surface area contributed by atoms with E-state index in [4.69, 9.17) is 0 Å². The van der Waals surface area contributed by atoms with Crippen LogP contribution in [0, 0.1) is 6.92 Å². The molecule has 1 unspecified atom stereocenters. The SMILES string of the molecule is Cc1ccccc1S(=O)(=O)N1CCC(C)(O)C1. The second-order valence-electron chi connectivity index (χ2n) is 4.85. The van der Waals surface area contributed by atoms with Crippen LogP contribution in [-0.4, -0.2) is 36.5 Å². The van der Waals surface area contributed by atoms with Crippen LogP contribution in [0.3, 0.4) is 0 Å². The molecule has 0 bridgehead atoms. The van der Waals surface area contributed by atoms with Gasteiger partial charge in [0, 0.05) is 13.1 Å². The molecular weight excluding hydrogens is 238 g/mol. The molecule has 2 rings (SSSR count). The Kier molecular flexibility index (Phi) is 3.01. The summed E-state index contributed by atoms with van der Waals surface area (Å²) in [7, 11) is -3.47. The van der Waals surface area contributed by atoms with Crippen molar-refractivity contribution in [2.45, 2.75) is 30.8 Å². The molecule has 0 amide bonds. The van der Waals surface area contributed by atoms with E-state index in [1.165, 1.54) is 4.31 Å².